The van der Waals surface area contributed by atoms with E-state index < -0.39 is 55.8 Å². The summed E-state index contributed by atoms with van der Waals surface area (Å²) in [4.78, 5) is 18.5. The Balaban J connectivity index is 3.63. The summed E-state index contributed by atoms with van der Waals surface area (Å²) in [6.07, 6.45) is -5.28. The molecule has 0 amide bonds. The Labute approximate surface area is 142 Å². The van der Waals surface area contributed by atoms with E-state index in [0.717, 1.165) is 5.32 Å². The smallest absolute Gasteiger partial charge is 0.328 e. The van der Waals surface area contributed by atoms with Crippen LogP contribution in [-0.2, 0) is 6.18 Å². The van der Waals surface area contributed by atoms with Gasteiger partial charge in [-0.2, -0.15) is 30.7 Å². The Hall–Kier alpha value is -2.71. The third-order valence-electron chi connectivity index (χ3n) is 2.74. The fraction of sp³-hybridized carbons (Fsp3) is 0.300. The second-order valence-electron chi connectivity index (χ2n) is 4.47. The van der Waals surface area contributed by atoms with Gasteiger partial charge in [0.1, 0.15) is 0 Å². The minimum Gasteiger partial charge on any atom is -0.328 e. The SMILES string of the molecule is N=C(Nc1c([N+](=O)[O-])cc(C(F)(F)F)cc1[N+](=O)[O-])C(F)(F)C(F)(F)Cl. The number of alkyl halides is 8. The molecule has 0 saturated carbocycles. The molecule has 0 aliphatic carbocycles. The van der Waals surface area contributed by atoms with E-state index in [9.17, 15) is 51.0 Å². The first-order chi connectivity index (χ1) is 11.5. The molecule has 0 aliphatic heterocycles. The number of hydrogen-bond acceptors (Lipinski definition) is 5. The molecule has 1 aromatic rings. The van der Waals surface area contributed by atoms with Gasteiger partial charge >= 0.3 is 17.5 Å². The summed E-state index contributed by atoms with van der Waals surface area (Å²) < 4.78 is 89.7. The van der Waals surface area contributed by atoms with Crippen LogP contribution in [0, 0.1) is 25.6 Å². The molecule has 0 saturated heterocycles. The van der Waals surface area contributed by atoms with Crippen molar-refractivity contribution in [3.63, 3.8) is 0 Å². The maximum atomic E-state index is 13.3. The quantitative estimate of drug-likeness (QED) is 0.186. The van der Waals surface area contributed by atoms with E-state index in [0.29, 0.717) is 0 Å². The summed E-state index contributed by atoms with van der Waals surface area (Å²) in [7, 11) is 0. The number of anilines is 1. The van der Waals surface area contributed by atoms with Crippen LogP contribution in [0.4, 0.5) is 47.8 Å². The molecule has 0 fully saturated rings. The van der Waals surface area contributed by atoms with Crippen LogP contribution in [0.15, 0.2) is 12.1 Å². The number of halogens is 8. The number of rotatable bonds is 5. The van der Waals surface area contributed by atoms with Gasteiger partial charge in [0.25, 0.3) is 11.4 Å². The fourth-order valence-corrected chi connectivity index (χ4v) is 1.63. The number of nitro groups is 2. The Kier molecular flexibility index (Phi) is 5.37. The second-order valence-corrected chi connectivity index (χ2v) is 4.95. The summed E-state index contributed by atoms with van der Waals surface area (Å²) in [5, 5.41) is 24.2. The summed E-state index contributed by atoms with van der Waals surface area (Å²) in [6.45, 7) is 0. The number of hydrogen-bond donors (Lipinski definition) is 2. The van der Waals surface area contributed by atoms with Crippen molar-refractivity contribution in [1.82, 2.24) is 0 Å². The Morgan fingerprint density at radius 2 is 1.38 bits per heavy atom. The van der Waals surface area contributed by atoms with Gasteiger partial charge in [-0.1, -0.05) is 0 Å². The highest BCUT2D eigenvalue weighted by atomic mass is 35.5. The molecular formula is C10H4ClF7N4O4. The van der Waals surface area contributed by atoms with Crippen LogP contribution in [0.3, 0.4) is 0 Å². The van der Waals surface area contributed by atoms with Crippen molar-refractivity contribution in [2.45, 2.75) is 17.5 Å². The van der Waals surface area contributed by atoms with Crippen molar-refractivity contribution in [3.8, 4) is 0 Å². The van der Waals surface area contributed by atoms with E-state index in [1.807, 2.05) is 0 Å². The number of benzene rings is 1. The number of nitrogens with zero attached hydrogens (tertiary/aromatic N) is 2. The van der Waals surface area contributed by atoms with E-state index in [2.05, 4.69) is 11.6 Å². The summed E-state index contributed by atoms with van der Waals surface area (Å²) in [5.41, 5.74) is -6.99. The van der Waals surface area contributed by atoms with Crippen LogP contribution in [-0.4, -0.2) is 27.0 Å². The van der Waals surface area contributed by atoms with Crippen LogP contribution >= 0.6 is 11.6 Å². The Morgan fingerprint density at radius 3 is 1.65 bits per heavy atom. The zero-order chi connectivity index (χ0) is 20.7. The molecule has 0 spiro atoms. The Bertz CT molecular complexity index is 743. The lowest BCUT2D eigenvalue weighted by Crippen LogP contribution is -2.46. The van der Waals surface area contributed by atoms with E-state index in [1.54, 1.807) is 0 Å². The molecule has 144 valence electrons. The van der Waals surface area contributed by atoms with E-state index >= 15 is 0 Å². The molecule has 16 heteroatoms. The van der Waals surface area contributed by atoms with E-state index in [-0.39, 0.29) is 12.1 Å². The number of nitro benzene ring substituents is 2. The highest BCUT2D eigenvalue weighted by Gasteiger charge is 2.59. The van der Waals surface area contributed by atoms with Gasteiger partial charge in [-0.3, -0.25) is 25.6 Å². The molecule has 0 aromatic heterocycles. The number of amidine groups is 1. The molecule has 0 bridgehead atoms. The van der Waals surface area contributed by atoms with Crippen molar-refractivity contribution in [2.75, 3.05) is 5.32 Å². The van der Waals surface area contributed by atoms with Crippen molar-refractivity contribution in [2.24, 2.45) is 0 Å². The zero-order valence-electron chi connectivity index (χ0n) is 11.7. The van der Waals surface area contributed by atoms with E-state index in [1.165, 1.54) is 0 Å². The molecule has 1 aromatic carbocycles. The van der Waals surface area contributed by atoms with Crippen molar-refractivity contribution >= 4 is 34.5 Å². The lowest BCUT2D eigenvalue weighted by atomic mass is 10.1. The minimum absolute atomic E-state index is 0.250. The highest BCUT2D eigenvalue weighted by Crippen LogP contribution is 2.43. The van der Waals surface area contributed by atoms with Crippen molar-refractivity contribution in [1.29, 1.82) is 5.41 Å². The van der Waals surface area contributed by atoms with Gasteiger partial charge in [0.2, 0.25) is 0 Å². The van der Waals surface area contributed by atoms with Crippen molar-refractivity contribution in [3.05, 3.63) is 37.9 Å². The van der Waals surface area contributed by atoms with Crippen LogP contribution in [0.25, 0.3) is 0 Å². The summed E-state index contributed by atoms with van der Waals surface area (Å²) >= 11 is 4.09. The van der Waals surface area contributed by atoms with Crippen LogP contribution < -0.4 is 5.32 Å². The van der Waals surface area contributed by atoms with Gasteiger partial charge in [-0.05, 0) is 11.6 Å². The highest BCUT2D eigenvalue weighted by molar-refractivity contribution is 6.25. The summed E-state index contributed by atoms with van der Waals surface area (Å²) in [6, 6.07) is -0.501. The van der Waals surface area contributed by atoms with Crippen LogP contribution in [0.1, 0.15) is 5.56 Å². The molecular weight excluding hydrogens is 409 g/mol. The Morgan fingerprint density at radius 1 is 1.00 bits per heavy atom. The first kappa shape index (κ1) is 21.3. The third-order valence-corrected chi connectivity index (χ3v) is 2.97. The van der Waals surface area contributed by atoms with Gasteiger partial charge < -0.3 is 5.32 Å². The maximum absolute atomic E-state index is 13.3. The van der Waals surface area contributed by atoms with Gasteiger partial charge in [-0.25, -0.2) is 0 Å². The fourth-order valence-electron chi connectivity index (χ4n) is 1.54. The van der Waals surface area contributed by atoms with Crippen LogP contribution in [0.2, 0.25) is 0 Å². The predicted octanol–water partition coefficient (Wildman–Crippen LogP) is 4.38. The first-order valence-electron chi connectivity index (χ1n) is 5.84. The average molecular weight is 413 g/mol. The van der Waals surface area contributed by atoms with Crippen LogP contribution in [0.5, 0.6) is 0 Å². The van der Waals surface area contributed by atoms with Gasteiger partial charge in [0, 0.05) is 12.1 Å². The average Bonchev–Trinajstić information content (AvgIpc) is 2.44. The zero-order valence-corrected chi connectivity index (χ0v) is 12.5. The maximum Gasteiger partial charge on any atom is 0.416 e. The first-order valence-corrected chi connectivity index (χ1v) is 6.22. The molecule has 0 aliphatic rings. The van der Waals surface area contributed by atoms with Gasteiger partial charge in [-0.15, -0.1) is 0 Å². The molecule has 0 radical (unpaired) electrons. The van der Waals surface area contributed by atoms with E-state index in [4.69, 9.17) is 5.41 Å². The number of nitrogens with one attached hydrogen (secondary N) is 2. The van der Waals surface area contributed by atoms with Gasteiger partial charge in [0.15, 0.2) is 11.5 Å². The monoisotopic (exact) mass is 412 g/mol. The lowest BCUT2D eigenvalue weighted by molar-refractivity contribution is -0.392. The molecule has 1 rings (SSSR count). The molecule has 0 atom stereocenters. The minimum atomic E-state index is -5.47. The standard InChI is InChI=1S/C10H4ClF7N4O4/c11-10(17,18)8(12,13)7(19)20-6-4(21(23)24)1-3(9(14,15)16)2-5(6)22(25)26/h1-2H,(H2,19,20). The molecule has 0 heterocycles. The second kappa shape index (κ2) is 6.54. The molecule has 2 N–H and O–H groups in total. The normalized spacial score (nSPS) is 12.6. The third kappa shape index (κ3) is 4.09. The molecule has 0 unspecified atom stereocenters. The predicted molar refractivity (Wildman–Crippen MR) is 71.8 cm³/mol. The molecule has 8 nitrogen and oxygen atoms in total. The lowest BCUT2D eigenvalue weighted by Gasteiger charge is -2.22. The van der Waals surface area contributed by atoms with Crippen molar-refractivity contribution < 1.29 is 40.6 Å². The largest absolute Gasteiger partial charge is 0.416 e. The topological polar surface area (TPSA) is 122 Å². The summed E-state index contributed by atoms with van der Waals surface area (Å²) in [5.74, 6) is -7.98. The van der Waals surface area contributed by atoms with Gasteiger partial charge in [0.05, 0.1) is 15.4 Å². The molecule has 26 heavy (non-hydrogen) atoms.